The molecule has 0 spiro atoms. The first-order valence-corrected chi connectivity index (χ1v) is 9.42. The summed E-state index contributed by atoms with van der Waals surface area (Å²) in [5, 5.41) is 8.68. The fourth-order valence-corrected chi connectivity index (χ4v) is 3.72. The molecule has 0 aliphatic carbocycles. The molecule has 136 valence electrons. The van der Waals surface area contributed by atoms with Crippen LogP contribution < -0.4 is 0 Å². The summed E-state index contributed by atoms with van der Waals surface area (Å²) < 4.78 is 18.3. The molecule has 0 bridgehead atoms. The zero-order valence-electron chi connectivity index (χ0n) is 14.5. The van der Waals surface area contributed by atoms with E-state index in [-0.39, 0.29) is 17.0 Å². The number of rotatable bonds is 7. The van der Waals surface area contributed by atoms with Crippen LogP contribution in [0.2, 0.25) is 0 Å². The Kier molecular flexibility index (Phi) is 6.22. The number of unbranched alkanes of at least 4 members (excludes halogenated alkanes) is 1. The third-order valence-corrected chi connectivity index (χ3v) is 5.20. The fourth-order valence-electron chi connectivity index (χ4n) is 2.58. The summed E-state index contributed by atoms with van der Waals surface area (Å²) in [6.07, 6.45) is 5.89. The molecule has 1 atom stereocenters. The van der Waals surface area contributed by atoms with Crippen LogP contribution in [0.1, 0.15) is 37.5 Å². The second-order valence-corrected chi connectivity index (χ2v) is 7.11. The maximum absolute atomic E-state index is 13.1. The van der Waals surface area contributed by atoms with Crippen molar-refractivity contribution in [1.82, 2.24) is 4.90 Å². The van der Waals surface area contributed by atoms with Crippen molar-refractivity contribution in [3.05, 3.63) is 59.8 Å². The molecule has 3 rings (SSSR count). The maximum Gasteiger partial charge on any atom is 0.242 e. The molecule has 2 heterocycles. The van der Waals surface area contributed by atoms with Gasteiger partial charge in [-0.25, -0.2) is 4.39 Å². The van der Waals surface area contributed by atoms with Gasteiger partial charge in [0.05, 0.1) is 24.3 Å². The van der Waals surface area contributed by atoms with Crippen molar-refractivity contribution in [2.75, 3.05) is 0 Å². The van der Waals surface area contributed by atoms with Crippen molar-refractivity contribution in [3.63, 3.8) is 0 Å². The van der Waals surface area contributed by atoms with Gasteiger partial charge in [-0.15, -0.1) is 5.10 Å². The number of carbonyl (C=O) groups is 1. The number of amidine groups is 1. The summed E-state index contributed by atoms with van der Waals surface area (Å²) >= 11 is 1.43. The molecular weight excluding hydrogens is 353 g/mol. The Bertz CT molecular complexity index is 788. The van der Waals surface area contributed by atoms with E-state index in [1.54, 1.807) is 35.4 Å². The quantitative estimate of drug-likeness (QED) is 0.532. The van der Waals surface area contributed by atoms with Crippen molar-refractivity contribution >= 4 is 29.1 Å². The van der Waals surface area contributed by atoms with Crippen molar-refractivity contribution in [3.8, 4) is 0 Å². The fraction of sp³-hybridized carbons (Fsp3) is 0.316. The zero-order chi connectivity index (χ0) is 18.4. The van der Waals surface area contributed by atoms with Crippen LogP contribution in [0.4, 0.5) is 4.39 Å². The number of nitrogens with zero attached hydrogens (tertiary/aromatic N) is 3. The molecule has 2 aromatic rings. The van der Waals surface area contributed by atoms with E-state index >= 15 is 0 Å². The minimum Gasteiger partial charge on any atom is -0.463 e. The van der Waals surface area contributed by atoms with E-state index < -0.39 is 0 Å². The standard InChI is InChI=1S/C19H20FN3O2S/c1-2-3-6-17-18(24)23(13-14-7-9-15(20)10-8-14)19(26-17)22-21-12-16-5-4-11-25-16/h4-5,7-12,17H,2-3,6,13H2,1H3/b21-12-,22-19+/t17-/m0/s1. The third kappa shape index (κ3) is 4.60. The van der Waals surface area contributed by atoms with Gasteiger partial charge in [0.15, 0.2) is 5.17 Å². The molecule has 1 aromatic carbocycles. The van der Waals surface area contributed by atoms with Gasteiger partial charge >= 0.3 is 0 Å². The summed E-state index contributed by atoms with van der Waals surface area (Å²) in [5.41, 5.74) is 0.846. The monoisotopic (exact) mass is 373 g/mol. The van der Waals surface area contributed by atoms with E-state index in [2.05, 4.69) is 17.1 Å². The van der Waals surface area contributed by atoms with Crippen molar-refractivity contribution in [2.45, 2.75) is 38.0 Å². The highest BCUT2D eigenvalue weighted by molar-refractivity contribution is 8.15. The van der Waals surface area contributed by atoms with Crippen LogP contribution in [-0.2, 0) is 11.3 Å². The molecular formula is C19H20FN3O2S. The van der Waals surface area contributed by atoms with E-state index in [1.807, 2.05) is 0 Å². The number of halogens is 1. The average molecular weight is 373 g/mol. The van der Waals surface area contributed by atoms with Crippen LogP contribution in [0, 0.1) is 5.82 Å². The Balaban J connectivity index is 1.78. The number of hydrogen-bond acceptors (Lipinski definition) is 5. The van der Waals surface area contributed by atoms with E-state index in [9.17, 15) is 9.18 Å². The van der Waals surface area contributed by atoms with Crippen LogP contribution in [0.15, 0.2) is 57.3 Å². The number of amides is 1. The SMILES string of the molecule is CCCC[C@@H]1S/C(=N/N=C\c2ccco2)N(Cc2ccc(F)cc2)C1=O. The summed E-state index contributed by atoms with van der Waals surface area (Å²) in [6.45, 7) is 2.45. The van der Waals surface area contributed by atoms with Crippen LogP contribution in [0.3, 0.4) is 0 Å². The minimum atomic E-state index is -0.298. The van der Waals surface area contributed by atoms with Crippen LogP contribution in [0.5, 0.6) is 0 Å². The van der Waals surface area contributed by atoms with Gasteiger partial charge in [0.2, 0.25) is 5.91 Å². The lowest BCUT2D eigenvalue weighted by Gasteiger charge is -2.15. The van der Waals surface area contributed by atoms with Crippen molar-refractivity contribution in [1.29, 1.82) is 0 Å². The van der Waals surface area contributed by atoms with Gasteiger partial charge in [-0.1, -0.05) is 43.7 Å². The molecule has 1 fully saturated rings. The molecule has 0 saturated carbocycles. The van der Waals surface area contributed by atoms with Crippen molar-refractivity contribution in [2.24, 2.45) is 10.2 Å². The molecule has 1 amide bonds. The molecule has 0 unspecified atom stereocenters. The third-order valence-electron chi connectivity index (χ3n) is 3.97. The van der Waals surface area contributed by atoms with E-state index in [1.165, 1.54) is 30.1 Å². The number of carbonyl (C=O) groups excluding carboxylic acids is 1. The van der Waals surface area contributed by atoms with Gasteiger partial charge in [-0.3, -0.25) is 9.69 Å². The molecule has 1 aromatic heterocycles. The van der Waals surface area contributed by atoms with Crippen LogP contribution >= 0.6 is 11.8 Å². The lowest BCUT2D eigenvalue weighted by atomic mass is 10.1. The predicted octanol–water partition coefficient (Wildman–Crippen LogP) is 4.44. The van der Waals surface area contributed by atoms with Gasteiger partial charge in [0.1, 0.15) is 11.6 Å². The molecule has 1 aliphatic heterocycles. The number of thioether (sulfide) groups is 1. The van der Waals surface area contributed by atoms with Gasteiger partial charge in [-0.2, -0.15) is 5.10 Å². The highest BCUT2D eigenvalue weighted by Gasteiger charge is 2.37. The van der Waals surface area contributed by atoms with Gasteiger partial charge in [0.25, 0.3) is 0 Å². The zero-order valence-corrected chi connectivity index (χ0v) is 15.3. The Labute approximate surface area is 156 Å². The van der Waals surface area contributed by atoms with Gasteiger partial charge in [0, 0.05) is 0 Å². The summed E-state index contributed by atoms with van der Waals surface area (Å²) in [4.78, 5) is 14.4. The molecule has 0 radical (unpaired) electrons. The Morgan fingerprint density at radius 1 is 1.31 bits per heavy atom. The number of hydrogen-bond donors (Lipinski definition) is 0. The largest absolute Gasteiger partial charge is 0.463 e. The normalized spacial score (nSPS) is 19.2. The van der Waals surface area contributed by atoms with E-state index in [0.29, 0.717) is 17.5 Å². The molecule has 1 saturated heterocycles. The first-order chi connectivity index (χ1) is 12.7. The second kappa shape index (κ2) is 8.80. The minimum absolute atomic E-state index is 0.0275. The lowest BCUT2D eigenvalue weighted by molar-refractivity contribution is -0.126. The highest BCUT2D eigenvalue weighted by atomic mass is 32.2. The van der Waals surface area contributed by atoms with Gasteiger partial charge in [-0.05, 0) is 36.2 Å². The maximum atomic E-state index is 13.1. The van der Waals surface area contributed by atoms with E-state index in [4.69, 9.17) is 4.42 Å². The van der Waals surface area contributed by atoms with Crippen LogP contribution in [-0.4, -0.2) is 27.4 Å². The van der Waals surface area contributed by atoms with Gasteiger partial charge < -0.3 is 4.42 Å². The molecule has 0 N–H and O–H groups in total. The van der Waals surface area contributed by atoms with Crippen LogP contribution in [0.25, 0.3) is 0 Å². The second-order valence-electron chi connectivity index (χ2n) is 5.94. The highest BCUT2D eigenvalue weighted by Crippen LogP contribution is 2.32. The molecule has 5 nitrogen and oxygen atoms in total. The topological polar surface area (TPSA) is 58.2 Å². The smallest absolute Gasteiger partial charge is 0.242 e. The molecule has 26 heavy (non-hydrogen) atoms. The van der Waals surface area contributed by atoms with Crippen molar-refractivity contribution < 1.29 is 13.6 Å². The first-order valence-electron chi connectivity index (χ1n) is 8.54. The Hall–Kier alpha value is -2.41. The summed E-state index contributed by atoms with van der Waals surface area (Å²) in [7, 11) is 0. The molecule has 1 aliphatic rings. The first kappa shape index (κ1) is 18.4. The average Bonchev–Trinajstić information content (AvgIpc) is 3.25. The summed E-state index contributed by atoms with van der Waals surface area (Å²) in [5.74, 6) is 0.324. The number of benzene rings is 1. The number of furan rings is 1. The molecule has 7 heteroatoms. The Morgan fingerprint density at radius 3 is 2.81 bits per heavy atom. The Morgan fingerprint density at radius 2 is 2.12 bits per heavy atom. The lowest BCUT2D eigenvalue weighted by Crippen LogP contribution is -2.31. The summed E-state index contributed by atoms with van der Waals surface area (Å²) in [6, 6.07) is 9.68. The van der Waals surface area contributed by atoms with E-state index in [0.717, 1.165) is 24.8 Å². The predicted molar refractivity (Wildman–Crippen MR) is 102 cm³/mol.